The third-order valence-electron chi connectivity index (χ3n) is 3.12. The molecule has 0 bridgehead atoms. The molecule has 1 atom stereocenters. The Kier molecular flexibility index (Phi) is 4.17. The standard InChI is InChI=1S/C16H17FO2/c1-11-3-5-12(6-4-11)9-16(18)14-8-7-13(19-2)10-15(14)17/h3-8,10,16,18H,9H2,1-2H3. The fourth-order valence-electron chi connectivity index (χ4n) is 1.96. The lowest BCUT2D eigenvalue weighted by molar-refractivity contribution is 0.173. The summed E-state index contributed by atoms with van der Waals surface area (Å²) >= 11 is 0. The molecule has 2 nitrogen and oxygen atoms in total. The Labute approximate surface area is 112 Å². The molecule has 0 aliphatic carbocycles. The average Bonchev–Trinajstić information content (AvgIpc) is 2.41. The lowest BCUT2D eigenvalue weighted by Crippen LogP contribution is -2.04. The number of methoxy groups -OCH3 is 1. The van der Waals surface area contributed by atoms with E-state index < -0.39 is 11.9 Å². The number of hydrogen-bond acceptors (Lipinski definition) is 2. The van der Waals surface area contributed by atoms with Crippen LogP contribution in [0.25, 0.3) is 0 Å². The van der Waals surface area contributed by atoms with Crippen LogP contribution in [0, 0.1) is 12.7 Å². The van der Waals surface area contributed by atoms with Crippen molar-refractivity contribution in [3.8, 4) is 5.75 Å². The van der Waals surface area contributed by atoms with Crippen LogP contribution in [0.2, 0.25) is 0 Å². The van der Waals surface area contributed by atoms with Gasteiger partial charge >= 0.3 is 0 Å². The zero-order chi connectivity index (χ0) is 13.8. The molecule has 0 amide bonds. The van der Waals surface area contributed by atoms with Crippen molar-refractivity contribution in [2.75, 3.05) is 7.11 Å². The number of ether oxygens (including phenoxy) is 1. The highest BCUT2D eigenvalue weighted by atomic mass is 19.1. The van der Waals surface area contributed by atoms with Gasteiger partial charge in [0, 0.05) is 18.1 Å². The van der Waals surface area contributed by atoms with Crippen LogP contribution >= 0.6 is 0 Å². The normalized spacial score (nSPS) is 12.2. The van der Waals surface area contributed by atoms with Gasteiger partial charge in [0.1, 0.15) is 11.6 Å². The lowest BCUT2D eigenvalue weighted by Gasteiger charge is -2.13. The van der Waals surface area contributed by atoms with Crippen LogP contribution in [-0.2, 0) is 6.42 Å². The highest BCUT2D eigenvalue weighted by molar-refractivity contribution is 5.31. The predicted octanol–water partition coefficient (Wildman–Crippen LogP) is 3.42. The summed E-state index contributed by atoms with van der Waals surface area (Å²) in [7, 11) is 1.48. The van der Waals surface area contributed by atoms with E-state index in [0.29, 0.717) is 17.7 Å². The van der Waals surface area contributed by atoms with E-state index in [4.69, 9.17) is 4.74 Å². The number of benzene rings is 2. The Balaban J connectivity index is 2.15. The van der Waals surface area contributed by atoms with E-state index in [2.05, 4.69) is 0 Å². The van der Waals surface area contributed by atoms with E-state index >= 15 is 0 Å². The van der Waals surface area contributed by atoms with Gasteiger partial charge in [0.25, 0.3) is 0 Å². The quantitative estimate of drug-likeness (QED) is 0.912. The van der Waals surface area contributed by atoms with Crippen LogP contribution in [0.15, 0.2) is 42.5 Å². The summed E-state index contributed by atoms with van der Waals surface area (Å²) in [6, 6.07) is 12.3. The predicted molar refractivity (Wildman–Crippen MR) is 72.8 cm³/mol. The van der Waals surface area contributed by atoms with Gasteiger partial charge in [-0.05, 0) is 24.6 Å². The molecule has 0 heterocycles. The minimum Gasteiger partial charge on any atom is -0.497 e. The molecule has 1 N–H and O–H groups in total. The second-order valence-corrected chi connectivity index (χ2v) is 4.59. The molecule has 1 unspecified atom stereocenters. The molecule has 0 saturated carbocycles. The Morgan fingerprint density at radius 1 is 1.16 bits per heavy atom. The molecule has 2 rings (SSSR count). The topological polar surface area (TPSA) is 29.5 Å². The molecule has 0 aromatic heterocycles. The van der Waals surface area contributed by atoms with Crippen LogP contribution < -0.4 is 4.74 Å². The van der Waals surface area contributed by atoms with E-state index in [1.807, 2.05) is 31.2 Å². The van der Waals surface area contributed by atoms with Crippen LogP contribution in [0.4, 0.5) is 4.39 Å². The summed E-state index contributed by atoms with van der Waals surface area (Å²) in [4.78, 5) is 0. The minimum absolute atomic E-state index is 0.293. The molecule has 100 valence electrons. The Morgan fingerprint density at radius 2 is 1.84 bits per heavy atom. The second kappa shape index (κ2) is 5.85. The molecule has 0 saturated heterocycles. The van der Waals surface area contributed by atoms with Crippen LogP contribution in [0.3, 0.4) is 0 Å². The average molecular weight is 260 g/mol. The zero-order valence-electron chi connectivity index (χ0n) is 11.1. The summed E-state index contributed by atoms with van der Waals surface area (Å²) in [6.07, 6.45) is -0.461. The van der Waals surface area contributed by atoms with E-state index in [-0.39, 0.29) is 0 Å². The highest BCUT2D eigenvalue weighted by Crippen LogP contribution is 2.24. The van der Waals surface area contributed by atoms with Crippen molar-refractivity contribution < 1.29 is 14.2 Å². The maximum absolute atomic E-state index is 13.8. The zero-order valence-corrected chi connectivity index (χ0v) is 11.1. The molecule has 2 aromatic rings. The van der Waals surface area contributed by atoms with Gasteiger partial charge in [0.2, 0.25) is 0 Å². The van der Waals surface area contributed by atoms with Gasteiger partial charge in [-0.25, -0.2) is 4.39 Å². The summed E-state index contributed by atoms with van der Waals surface area (Å²) in [5.41, 5.74) is 2.43. The molecular weight excluding hydrogens is 243 g/mol. The van der Waals surface area contributed by atoms with Crippen LogP contribution in [0.5, 0.6) is 5.75 Å². The molecule has 0 aliphatic rings. The fraction of sp³-hybridized carbons (Fsp3) is 0.250. The Bertz CT molecular complexity index is 549. The van der Waals surface area contributed by atoms with E-state index in [9.17, 15) is 9.50 Å². The largest absolute Gasteiger partial charge is 0.497 e. The van der Waals surface area contributed by atoms with Gasteiger partial charge in [-0.2, -0.15) is 0 Å². The molecule has 2 aromatic carbocycles. The third kappa shape index (κ3) is 3.32. The van der Waals surface area contributed by atoms with Crippen LogP contribution in [0.1, 0.15) is 22.8 Å². The van der Waals surface area contributed by atoms with Crippen molar-refractivity contribution in [3.05, 3.63) is 65.0 Å². The second-order valence-electron chi connectivity index (χ2n) is 4.59. The first-order valence-electron chi connectivity index (χ1n) is 6.17. The molecule has 19 heavy (non-hydrogen) atoms. The summed E-state index contributed by atoms with van der Waals surface area (Å²) in [5, 5.41) is 10.1. The highest BCUT2D eigenvalue weighted by Gasteiger charge is 2.14. The smallest absolute Gasteiger partial charge is 0.132 e. The molecule has 0 spiro atoms. The van der Waals surface area contributed by atoms with Crippen molar-refractivity contribution in [1.29, 1.82) is 0 Å². The Hall–Kier alpha value is -1.87. The summed E-state index contributed by atoms with van der Waals surface area (Å²) in [5.74, 6) is 0.00254. The van der Waals surface area contributed by atoms with Gasteiger partial charge in [-0.1, -0.05) is 29.8 Å². The van der Waals surface area contributed by atoms with E-state index in [0.717, 1.165) is 11.1 Å². The maximum atomic E-state index is 13.8. The molecular formula is C16H17FO2. The van der Waals surface area contributed by atoms with Crippen molar-refractivity contribution >= 4 is 0 Å². The number of rotatable bonds is 4. The number of aryl methyl sites for hydroxylation is 1. The monoisotopic (exact) mass is 260 g/mol. The minimum atomic E-state index is -0.853. The molecule has 3 heteroatoms. The first-order valence-corrected chi connectivity index (χ1v) is 6.17. The van der Waals surface area contributed by atoms with Gasteiger partial charge in [0.15, 0.2) is 0 Å². The first kappa shape index (κ1) is 13.6. The van der Waals surface area contributed by atoms with E-state index in [1.165, 1.54) is 13.2 Å². The maximum Gasteiger partial charge on any atom is 0.132 e. The van der Waals surface area contributed by atoms with Crippen LogP contribution in [-0.4, -0.2) is 12.2 Å². The van der Waals surface area contributed by atoms with Crippen molar-refractivity contribution in [3.63, 3.8) is 0 Å². The number of aliphatic hydroxyl groups is 1. The molecule has 0 aliphatic heterocycles. The van der Waals surface area contributed by atoms with Crippen molar-refractivity contribution in [2.45, 2.75) is 19.4 Å². The third-order valence-corrected chi connectivity index (χ3v) is 3.12. The number of aliphatic hydroxyl groups excluding tert-OH is 1. The summed E-state index contributed by atoms with van der Waals surface area (Å²) in [6.45, 7) is 2.00. The lowest BCUT2D eigenvalue weighted by atomic mass is 10.00. The molecule has 0 radical (unpaired) electrons. The van der Waals surface area contributed by atoms with Gasteiger partial charge < -0.3 is 9.84 Å². The van der Waals surface area contributed by atoms with Crippen molar-refractivity contribution in [1.82, 2.24) is 0 Å². The van der Waals surface area contributed by atoms with Gasteiger partial charge in [-0.3, -0.25) is 0 Å². The molecule has 0 fully saturated rings. The number of hydrogen-bond donors (Lipinski definition) is 1. The summed E-state index contributed by atoms with van der Waals surface area (Å²) < 4.78 is 18.8. The van der Waals surface area contributed by atoms with Gasteiger partial charge in [0.05, 0.1) is 13.2 Å². The van der Waals surface area contributed by atoms with Crippen molar-refractivity contribution in [2.24, 2.45) is 0 Å². The van der Waals surface area contributed by atoms with E-state index in [1.54, 1.807) is 12.1 Å². The first-order chi connectivity index (χ1) is 9.10. The van der Waals surface area contributed by atoms with Gasteiger partial charge in [-0.15, -0.1) is 0 Å². The fourth-order valence-corrected chi connectivity index (χ4v) is 1.96. The number of halogens is 1. The Morgan fingerprint density at radius 3 is 2.42 bits per heavy atom. The SMILES string of the molecule is COc1ccc(C(O)Cc2ccc(C)cc2)c(F)c1.